The molecule has 82 valence electrons. The summed E-state index contributed by atoms with van der Waals surface area (Å²) < 4.78 is 20.7. The van der Waals surface area contributed by atoms with Crippen molar-refractivity contribution in [1.82, 2.24) is 9.80 Å². The molecule has 0 bridgehead atoms. The van der Waals surface area contributed by atoms with Crippen LogP contribution >= 0.6 is 0 Å². The van der Waals surface area contributed by atoms with Crippen LogP contribution in [0.4, 0.5) is 0 Å². The first-order valence-corrected chi connectivity index (χ1v) is 5.78. The summed E-state index contributed by atoms with van der Waals surface area (Å²) in [6, 6.07) is 0. The minimum atomic E-state index is -2.69. The summed E-state index contributed by atoms with van der Waals surface area (Å²) in [6.07, 6.45) is 4.92. The lowest BCUT2D eigenvalue weighted by Crippen LogP contribution is -2.24. The van der Waals surface area contributed by atoms with E-state index in [1.165, 1.54) is 0 Å². The van der Waals surface area contributed by atoms with Gasteiger partial charge in [0.2, 0.25) is 0 Å². The largest absolute Gasteiger partial charge is 0.377 e. The zero-order chi connectivity index (χ0) is 10.6. The molecule has 1 atom stereocenters. The maximum atomic E-state index is 10.3. The van der Waals surface area contributed by atoms with E-state index < -0.39 is 16.1 Å². The van der Waals surface area contributed by atoms with Gasteiger partial charge in [-0.25, -0.2) is 8.42 Å². The molecule has 5 nitrogen and oxygen atoms in total. The van der Waals surface area contributed by atoms with Gasteiger partial charge >= 0.3 is 0 Å². The van der Waals surface area contributed by atoms with E-state index in [0.29, 0.717) is 12.8 Å². The summed E-state index contributed by atoms with van der Waals surface area (Å²) in [7, 11) is -0.714. The molecule has 0 aromatic heterocycles. The Bertz CT molecular complexity index is 270. The second kappa shape index (κ2) is 5.21. The lowest BCUT2D eigenvalue weighted by atomic mass is 10.3. The molecule has 14 heavy (non-hydrogen) atoms. The minimum absolute atomic E-state index is 0.312. The maximum Gasteiger partial charge on any atom is 0.166 e. The van der Waals surface area contributed by atoms with Gasteiger partial charge in [0.1, 0.15) is 0 Å². The number of hydrogen-bond donors (Lipinski definition) is 2. The van der Waals surface area contributed by atoms with Gasteiger partial charge in [0.05, 0.1) is 6.67 Å². The van der Waals surface area contributed by atoms with Crippen LogP contribution in [-0.2, 0) is 10.7 Å². The van der Waals surface area contributed by atoms with Gasteiger partial charge < -0.3 is 14.9 Å². The van der Waals surface area contributed by atoms with Gasteiger partial charge in [-0.1, -0.05) is 0 Å². The van der Waals surface area contributed by atoms with Gasteiger partial charge in [0.15, 0.2) is 16.1 Å². The number of rotatable bonds is 5. The van der Waals surface area contributed by atoms with Gasteiger partial charge in [0.25, 0.3) is 0 Å². The summed E-state index contributed by atoms with van der Waals surface area (Å²) in [5.74, 6) is 0. The van der Waals surface area contributed by atoms with Crippen LogP contribution in [0.2, 0.25) is 0 Å². The van der Waals surface area contributed by atoms with E-state index in [2.05, 4.69) is 4.90 Å². The molecule has 6 heteroatoms. The fourth-order valence-corrected chi connectivity index (χ4v) is 1.71. The van der Waals surface area contributed by atoms with Gasteiger partial charge in [0, 0.05) is 26.0 Å². The lowest BCUT2D eigenvalue weighted by Gasteiger charge is -2.17. The Morgan fingerprint density at radius 2 is 2.21 bits per heavy atom. The highest BCUT2D eigenvalue weighted by Gasteiger charge is 2.10. The minimum Gasteiger partial charge on any atom is -0.377 e. The molecule has 1 rings (SSSR count). The topological polar surface area (TPSA) is 60.9 Å². The van der Waals surface area contributed by atoms with Crippen molar-refractivity contribution in [3.63, 3.8) is 0 Å². The third-order valence-corrected chi connectivity index (χ3v) is 2.83. The van der Waals surface area contributed by atoms with Crippen LogP contribution in [0.15, 0.2) is 12.4 Å². The highest BCUT2D eigenvalue weighted by atomic mass is 32.2. The normalized spacial score (nSPS) is 18.2. The van der Waals surface area contributed by atoms with E-state index in [9.17, 15) is 8.42 Å². The van der Waals surface area contributed by atoms with Gasteiger partial charge in [-0.05, 0) is 12.8 Å². The Morgan fingerprint density at radius 3 is 2.71 bits per heavy atom. The van der Waals surface area contributed by atoms with Crippen molar-refractivity contribution in [2.75, 3.05) is 20.3 Å². The van der Waals surface area contributed by atoms with E-state index >= 15 is 0 Å². The molecule has 1 unspecified atom stereocenters. The average Bonchev–Trinajstić information content (AvgIpc) is 2.51. The first kappa shape index (κ1) is 11.3. The molecule has 0 saturated carbocycles. The number of hydrogen-bond acceptors (Lipinski definition) is 5. The Kier molecular flexibility index (Phi) is 4.21. The molecule has 0 aliphatic carbocycles. The van der Waals surface area contributed by atoms with E-state index in [1.807, 2.05) is 24.3 Å². The standard InChI is InChI=1S/C8H16N2O3S/c1-9-5-6-10(7-9)4-2-3-8(11)14(12)13/h5-6,8,11,14H,2-4,7H2,1H3. The van der Waals surface area contributed by atoms with Crippen LogP contribution in [0.25, 0.3) is 0 Å². The summed E-state index contributed by atoms with van der Waals surface area (Å²) in [6.45, 7) is 1.61. The molecule has 0 spiro atoms. The monoisotopic (exact) mass is 220 g/mol. The van der Waals surface area contributed by atoms with Crippen molar-refractivity contribution in [2.45, 2.75) is 18.3 Å². The molecular formula is C8H16N2O3S. The van der Waals surface area contributed by atoms with Crippen LogP contribution < -0.4 is 0 Å². The second-order valence-corrected chi connectivity index (χ2v) is 4.58. The van der Waals surface area contributed by atoms with Gasteiger partial charge in [-0.3, -0.25) is 0 Å². The third kappa shape index (κ3) is 3.55. The highest BCUT2D eigenvalue weighted by Crippen LogP contribution is 2.06. The predicted molar refractivity (Wildman–Crippen MR) is 54.0 cm³/mol. The van der Waals surface area contributed by atoms with Gasteiger partial charge in [-0.15, -0.1) is 0 Å². The predicted octanol–water partition coefficient (Wildman–Crippen LogP) is -0.627. The molecule has 0 amide bonds. The molecular weight excluding hydrogens is 204 g/mol. The Hall–Kier alpha value is -0.750. The Labute approximate surface area is 85.6 Å². The summed E-state index contributed by atoms with van der Waals surface area (Å²) in [5.41, 5.74) is -1.19. The SMILES string of the molecule is CN1C=CN(CCCC(O)[SH](=O)=O)C1. The smallest absolute Gasteiger partial charge is 0.166 e. The third-order valence-electron chi connectivity index (χ3n) is 2.09. The van der Waals surface area contributed by atoms with E-state index in [1.54, 1.807) is 0 Å². The van der Waals surface area contributed by atoms with Crippen molar-refractivity contribution in [3.8, 4) is 0 Å². The van der Waals surface area contributed by atoms with E-state index in [4.69, 9.17) is 5.11 Å². The number of aliphatic hydroxyl groups excluding tert-OH is 1. The van der Waals surface area contributed by atoms with Crippen LogP contribution in [0.1, 0.15) is 12.8 Å². The molecule has 1 heterocycles. The first-order valence-electron chi connectivity index (χ1n) is 4.54. The quantitative estimate of drug-likeness (QED) is 0.604. The van der Waals surface area contributed by atoms with Crippen molar-refractivity contribution < 1.29 is 13.5 Å². The summed E-state index contributed by atoms with van der Waals surface area (Å²) in [4.78, 5) is 4.11. The van der Waals surface area contributed by atoms with Crippen molar-refractivity contribution in [1.29, 1.82) is 0 Å². The number of thiol groups is 1. The number of aliphatic hydroxyl groups is 1. The molecule has 0 radical (unpaired) electrons. The zero-order valence-corrected chi connectivity index (χ0v) is 9.06. The lowest BCUT2D eigenvalue weighted by molar-refractivity contribution is 0.225. The van der Waals surface area contributed by atoms with Crippen LogP contribution in [-0.4, -0.2) is 49.0 Å². The highest BCUT2D eigenvalue weighted by molar-refractivity contribution is 7.72. The maximum absolute atomic E-state index is 10.3. The molecule has 1 aliphatic rings. The van der Waals surface area contributed by atoms with E-state index in [-0.39, 0.29) is 0 Å². The summed E-state index contributed by atoms with van der Waals surface area (Å²) in [5, 5.41) is 9.01. The van der Waals surface area contributed by atoms with Crippen LogP contribution in [0.5, 0.6) is 0 Å². The molecule has 0 aromatic carbocycles. The fourth-order valence-electron chi connectivity index (χ4n) is 1.32. The van der Waals surface area contributed by atoms with Crippen molar-refractivity contribution in [2.24, 2.45) is 0 Å². The summed E-state index contributed by atoms with van der Waals surface area (Å²) >= 11 is 0. The fraction of sp³-hybridized carbons (Fsp3) is 0.750. The van der Waals surface area contributed by atoms with Crippen molar-refractivity contribution in [3.05, 3.63) is 12.4 Å². The van der Waals surface area contributed by atoms with Crippen LogP contribution in [0.3, 0.4) is 0 Å². The molecule has 0 aromatic rings. The molecule has 0 fully saturated rings. The average molecular weight is 220 g/mol. The first-order chi connectivity index (χ1) is 6.59. The molecule has 0 saturated heterocycles. The van der Waals surface area contributed by atoms with Crippen LogP contribution in [0, 0.1) is 0 Å². The second-order valence-electron chi connectivity index (χ2n) is 3.42. The van der Waals surface area contributed by atoms with Gasteiger partial charge in [-0.2, -0.15) is 0 Å². The zero-order valence-electron chi connectivity index (χ0n) is 8.17. The molecule has 1 aliphatic heterocycles. The molecule has 1 N–H and O–H groups in total. The Balaban J connectivity index is 2.13. The Morgan fingerprint density at radius 1 is 1.50 bits per heavy atom. The van der Waals surface area contributed by atoms with E-state index in [0.717, 1.165) is 13.2 Å². The number of nitrogens with zero attached hydrogens (tertiary/aromatic N) is 2. The van der Waals surface area contributed by atoms with Crippen molar-refractivity contribution >= 4 is 10.7 Å².